The molecule has 1 atom stereocenters. The molecule has 1 aromatic heterocycles. The van der Waals surface area contributed by atoms with Crippen LogP contribution in [0.2, 0.25) is 0 Å². The Balaban J connectivity index is 1.62. The minimum absolute atomic E-state index is 0.0678. The fraction of sp³-hybridized carbons (Fsp3) is 0.182. The number of hydrazone groups is 1. The maximum Gasteiger partial charge on any atom is 0.408 e. The summed E-state index contributed by atoms with van der Waals surface area (Å²) in [6, 6.07) is 13.1. The molecule has 3 rings (SSSR count). The number of phenols is 1. The Morgan fingerprint density at radius 2 is 2.03 bits per heavy atom. The van der Waals surface area contributed by atoms with Gasteiger partial charge < -0.3 is 24.9 Å². The van der Waals surface area contributed by atoms with Crippen molar-refractivity contribution in [2.75, 3.05) is 7.11 Å². The number of alkyl carbamates (subject to hydrolysis) is 1. The van der Waals surface area contributed by atoms with Crippen LogP contribution in [0, 0.1) is 0 Å². The van der Waals surface area contributed by atoms with E-state index in [0.717, 1.165) is 5.56 Å². The molecule has 1 heterocycles. The Labute approximate surface area is 184 Å². The van der Waals surface area contributed by atoms with Gasteiger partial charge >= 0.3 is 6.09 Å². The number of imidazole rings is 1. The fourth-order valence-electron chi connectivity index (χ4n) is 2.78. The number of rotatable bonds is 9. The van der Waals surface area contributed by atoms with Crippen molar-refractivity contribution in [1.82, 2.24) is 20.7 Å². The number of aromatic amines is 1. The molecule has 0 aliphatic heterocycles. The van der Waals surface area contributed by atoms with Crippen LogP contribution in [-0.2, 0) is 22.6 Å². The number of hydrogen-bond donors (Lipinski definition) is 4. The SMILES string of the molecule is COc1cccc(/C=N\NC(=O)[C@@H](Cc2cnc[nH]2)NC(=O)OCc2ccccc2)c1O. The molecule has 0 aliphatic rings. The predicted octanol–water partition coefficient (Wildman–Crippen LogP) is 2.11. The van der Waals surface area contributed by atoms with Gasteiger partial charge in [0.15, 0.2) is 11.5 Å². The second-order valence-electron chi connectivity index (χ2n) is 6.67. The summed E-state index contributed by atoms with van der Waals surface area (Å²) >= 11 is 0. The second kappa shape index (κ2) is 11.2. The van der Waals surface area contributed by atoms with Crippen molar-refractivity contribution in [3.63, 3.8) is 0 Å². The predicted molar refractivity (Wildman–Crippen MR) is 116 cm³/mol. The van der Waals surface area contributed by atoms with E-state index in [1.54, 1.807) is 24.4 Å². The Hall–Kier alpha value is -4.34. The second-order valence-corrected chi connectivity index (χ2v) is 6.67. The number of benzene rings is 2. The molecular weight excluding hydrogens is 414 g/mol. The topological polar surface area (TPSA) is 138 Å². The van der Waals surface area contributed by atoms with Crippen molar-refractivity contribution < 1.29 is 24.2 Å². The summed E-state index contributed by atoms with van der Waals surface area (Å²) in [6.45, 7) is 0.0678. The number of amides is 2. The highest BCUT2D eigenvalue weighted by atomic mass is 16.5. The average Bonchev–Trinajstić information content (AvgIpc) is 3.32. The molecule has 32 heavy (non-hydrogen) atoms. The first-order valence-electron chi connectivity index (χ1n) is 9.70. The minimum Gasteiger partial charge on any atom is -0.504 e. The molecule has 4 N–H and O–H groups in total. The third-order valence-electron chi connectivity index (χ3n) is 4.43. The van der Waals surface area contributed by atoms with E-state index in [2.05, 4.69) is 25.8 Å². The van der Waals surface area contributed by atoms with Gasteiger partial charge in [0.05, 0.1) is 19.7 Å². The van der Waals surface area contributed by atoms with Gasteiger partial charge in [0.2, 0.25) is 0 Å². The monoisotopic (exact) mass is 437 g/mol. The minimum atomic E-state index is -0.977. The zero-order chi connectivity index (χ0) is 22.8. The number of aromatic nitrogens is 2. The molecule has 0 saturated heterocycles. The lowest BCUT2D eigenvalue weighted by Crippen LogP contribution is -2.47. The Morgan fingerprint density at radius 3 is 2.75 bits per heavy atom. The highest BCUT2D eigenvalue weighted by Crippen LogP contribution is 2.27. The Bertz CT molecular complexity index is 1050. The molecule has 0 unspecified atom stereocenters. The van der Waals surface area contributed by atoms with Crippen LogP contribution in [-0.4, -0.2) is 46.4 Å². The van der Waals surface area contributed by atoms with Crippen LogP contribution in [0.25, 0.3) is 0 Å². The van der Waals surface area contributed by atoms with Gasteiger partial charge in [-0.15, -0.1) is 0 Å². The van der Waals surface area contributed by atoms with Crippen molar-refractivity contribution in [3.05, 3.63) is 77.9 Å². The highest BCUT2D eigenvalue weighted by molar-refractivity contribution is 5.89. The van der Waals surface area contributed by atoms with Crippen molar-refractivity contribution in [2.24, 2.45) is 5.10 Å². The number of ether oxygens (including phenoxy) is 2. The smallest absolute Gasteiger partial charge is 0.408 e. The summed E-state index contributed by atoms with van der Waals surface area (Å²) in [5.74, 6) is -0.403. The molecule has 0 radical (unpaired) electrons. The fourth-order valence-corrected chi connectivity index (χ4v) is 2.78. The quantitative estimate of drug-likeness (QED) is 0.299. The van der Waals surface area contributed by atoms with Crippen LogP contribution < -0.4 is 15.5 Å². The molecule has 0 spiro atoms. The average molecular weight is 437 g/mol. The van der Waals surface area contributed by atoms with E-state index in [4.69, 9.17) is 9.47 Å². The summed E-state index contributed by atoms with van der Waals surface area (Å²) in [5.41, 5.74) is 4.17. The van der Waals surface area contributed by atoms with Crippen molar-refractivity contribution in [1.29, 1.82) is 0 Å². The van der Waals surface area contributed by atoms with Gasteiger partial charge in [-0.2, -0.15) is 5.10 Å². The van der Waals surface area contributed by atoms with Crippen LogP contribution in [0.5, 0.6) is 11.5 Å². The number of H-pyrrole nitrogens is 1. The number of nitrogens with zero attached hydrogens (tertiary/aromatic N) is 2. The molecule has 3 aromatic rings. The van der Waals surface area contributed by atoms with Gasteiger partial charge in [-0.3, -0.25) is 4.79 Å². The van der Waals surface area contributed by atoms with E-state index >= 15 is 0 Å². The standard InChI is InChI=1S/C22H23N5O5/c1-31-19-9-5-8-16(20(19)28)11-25-27-21(29)18(10-17-12-23-14-24-17)26-22(30)32-13-15-6-3-2-4-7-15/h2-9,11-12,14,18,28H,10,13H2,1H3,(H,23,24)(H,26,30)(H,27,29)/b25-11-/t18-/m1/s1. The zero-order valence-electron chi connectivity index (χ0n) is 17.3. The number of para-hydroxylation sites is 1. The van der Waals surface area contributed by atoms with E-state index in [9.17, 15) is 14.7 Å². The number of methoxy groups -OCH3 is 1. The summed E-state index contributed by atoms with van der Waals surface area (Å²) < 4.78 is 10.2. The van der Waals surface area contributed by atoms with Crippen molar-refractivity contribution in [3.8, 4) is 11.5 Å². The number of phenolic OH excluding ortho intramolecular Hbond substituents is 1. The van der Waals surface area contributed by atoms with Crippen LogP contribution in [0.4, 0.5) is 4.79 Å². The third kappa shape index (κ3) is 6.33. The molecule has 0 fully saturated rings. The third-order valence-corrected chi connectivity index (χ3v) is 4.43. The van der Waals surface area contributed by atoms with Crippen molar-refractivity contribution in [2.45, 2.75) is 19.1 Å². The lowest BCUT2D eigenvalue weighted by atomic mass is 10.1. The molecule has 2 aromatic carbocycles. The van der Waals surface area contributed by atoms with Gasteiger partial charge in [-0.05, 0) is 17.7 Å². The van der Waals surface area contributed by atoms with Crippen LogP contribution in [0.3, 0.4) is 0 Å². The van der Waals surface area contributed by atoms with Gasteiger partial charge in [-0.1, -0.05) is 36.4 Å². The number of carbonyl (C=O) groups excluding carboxylic acids is 2. The summed E-state index contributed by atoms with van der Waals surface area (Å²) in [6.07, 6.45) is 3.70. The summed E-state index contributed by atoms with van der Waals surface area (Å²) in [5, 5.41) is 16.5. The summed E-state index contributed by atoms with van der Waals surface area (Å²) in [7, 11) is 1.43. The highest BCUT2D eigenvalue weighted by Gasteiger charge is 2.22. The number of aromatic hydroxyl groups is 1. The molecule has 2 amide bonds. The first-order chi connectivity index (χ1) is 15.6. The lowest BCUT2D eigenvalue weighted by Gasteiger charge is -2.16. The molecule has 0 saturated carbocycles. The van der Waals surface area contributed by atoms with Gasteiger partial charge in [0.25, 0.3) is 5.91 Å². The van der Waals surface area contributed by atoms with Crippen molar-refractivity contribution >= 4 is 18.2 Å². The molecule has 10 nitrogen and oxygen atoms in total. The maximum absolute atomic E-state index is 12.7. The van der Waals surface area contributed by atoms with E-state index in [1.807, 2.05) is 30.3 Å². The van der Waals surface area contributed by atoms with Gasteiger partial charge in [0.1, 0.15) is 12.6 Å². The van der Waals surface area contributed by atoms with Crippen LogP contribution >= 0.6 is 0 Å². The van der Waals surface area contributed by atoms with E-state index in [1.165, 1.54) is 19.7 Å². The first-order valence-corrected chi connectivity index (χ1v) is 9.70. The van der Waals surface area contributed by atoms with Crippen LogP contribution in [0.1, 0.15) is 16.8 Å². The maximum atomic E-state index is 12.7. The van der Waals surface area contributed by atoms with Gasteiger partial charge in [0, 0.05) is 23.9 Å². The Morgan fingerprint density at radius 1 is 1.22 bits per heavy atom. The zero-order valence-corrected chi connectivity index (χ0v) is 17.3. The largest absolute Gasteiger partial charge is 0.504 e. The van der Waals surface area contributed by atoms with Gasteiger partial charge in [-0.25, -0.2) is 15.2 Å². The van der Waals surface area contributed by atoms with E-state index < -0.39 is 18.0 Å². The Kier molecular flexibility index (Phi) is 7.79. The number of hydrogen-bond acceptors (Lipinski definition) is 7. The van der Waals surface area contributed by atoms with Crippen LogP contribution in [0.15, 0.2) is 66.2 Å². The molecule has 0 aliphatic carbocycles. The molecular formula is C22H23N5O5. The molecule has 166 valence electrons. The normalized spacial score (nSPS) is 11.7. The lowest BCUT2D eigenvalue weighted by molar-refractivity contribution is -0.123. The van der Waals surface area contributed by atoms with E-state index in [0.29, 0.717) is 11.3 Å². The first kappa shape index (κ1) is 22.3. The number of carbonyl (C=O) groups is 2. The number of nitrogens with one attached hydrogen (secondary N) is 3. The summed E-state index contributed by atoms with van der Waals surface area (Å²) in [4.78, 5) is 31.7. The molecule has 0 bridgehead atoms. The molecule has 10 heteroatoms. The van der Waals surface area contributed by atoms with E-state index in [-0.39, 0.29) is 24.5 Å².